The largest absolute Gasteiger partial charge is 0.493 e. The number of para-hydroxylation sites is 1. The van der Waals surface area contributed by atoms with Crippen LogP contribution < -0.4 is 9.47 Å². The molecule has 0 saturated carbocycles. The maximum atomic E-state index is 13.8. The number of aromatic carboxylic acids is 1. The normalized spacial score (nSPS) is 14.6. The number of allylic oxidation sites excluding steroid dienone is 1. The number of nitrogens with zero attached hydrogens (tertiary/aromatic N) is 2. The van der Waals surface area contributed by atoms with Gasteiger partial charge in [0.25, 0.3) is 5.91 Å². The van der Waals surface area contributed by atoms with Crippen LogP contribution in [0.1, 0.15) is 32.6 Å². The molecule has 0 atom stereocenters. The molecule has 0 spiro atoms. The van der Waals surface area contributed by atoms with Crippen molar-refractivity contribution in [1.82, 2.24) is 4.90 Å². The summed E-state index contributed by atoms with van der Waals surface area (Å²) in [6, 6.07) is 24.8. The van der Waals surface area contributed by atoms with E-state index in [0.717, 1.165) is 22.3 Å². The second-order valence-electron chi connectivity index (χ2n) is 9.96. The smallest absolute Gasteiger partial charge is 0.335 e. The van der Waals surface area contributed by atoms with E-state index < -0.39 is 5.97 Å². The number of carbonyl (C=O) groups is 2. The minimum atomic E-state index is -1.01. The van der Waals surface area contributed by atoms with Crippen LogP contribution in [0.2, 0.25) is 10.0 Å². The molecule has 1 N–H and O–H groups in total. The van der Waals surface area contributed by atoms with E-state index in [0.29, 0.717) is 43.7 Å². The highest BCUT2D eigenvalue weighted by Gasteiger charge is 2.33. The van der Waals surface area contributed by atoms with Gasteiger partial charge >= 0.3 is 5.97 Å². The fourth-order valence-corrected chi connectivity index (χ4v) is 6.07. The number of amidine groups is 1. The predicted molar refractivity (Wildman–Crippen MR) is 181 cm³/mol. The first-order chi connectivity index (χ1) is 21.7. The molecule has 1 heterocycles. The molecule has 0 aromatic heterocycles. The lowest BCUT2D eigenvalue weighted by atomic mass is 10.0. The van der Waals surface area contributed by atoms with Crippen molar-refractivity contribution in [3.05, 3.63) is 140 Å². The van der Waals surface area contributed by atoms with Gasteiger partial charge in [-0.2, -0.15) is 0 Å². The number of thioether (sulfide) groups is 1. The van der Waals surface area contributed by atoms with E-state index >= 15 is 0 Å². The second kappa shape index (κ2) is 14.5. The van der Waals surface area contributed by atoms with Crippen LogP contribution in [-0.4, -0.2) is 34.2 Å². The Bertz CT molecular complexity index is 1810. The molecule has 45 heavy (non-hydrogen) atoms. The summed E-state index contributed by atoms with van der Waals surface area (Å²) >= 11 is 13.7. The third-order valence-corrected chi connectivity index (χ3v) is 8.43. The SMILES string of the molecule is C=CCc1cc(/C=C2\SC(=Nc3ccccc3)N(Cc3ccc(C(=O)O)cc3)C2=O)cc(OC)c1OCc1ccc(Cl)cc1Cl. The molecule has 0 bridgehead atoms. The molecule has 228 valence electrons. The number of hydrogen-bond acceptors (Lipinski definition) is 6. The summed E-state index contributed by atoms with van der Waals surface area (Å²) in [5.41, 5.74) is 3.99. The minimum absolute atomic E-state index is 0.174. The van der Waals surface area contributed by atoms with Crippen molar-refractivity contribution in [3.8, 4) is 11.5 Å². The van der Waals surface area contributed by atoms with E-state index in [1.165, 1.54) is 23.9 Å². The Kier molecular flexibility index (Phi) is 10.3. The summed E-state index contributed by atoms with van der Waals surface area (Å²) in [7, 11) is 1.56. The standard InChI is InChI=1S/C35H28Cl2N2O5S/c1-3-7-25-16-23(17-30(43-2)32(25)44-21-26-14-15-27(36)19-29(26)37)18-31-33(40)39(20-22-10-12-24(13-11-22)34(41)42)35(45-31)38-28-8-5-4-6-9-28/h3-6,8-19H,1,7,20-21H2,2H3,(H,41,42)/b31-18-,38-35?. The molecule has 0 unspecified atom stereocenters. The van der Waals surface area contributed by atoms with Gasteiger partial charge < -0.3 is 14.6 Å². The molecule has 1 aliphatic rings. The summed E-state index contributed by atoms with van der Waals surface area (Å²) in [4.78, 5) is 31.9. The van der Waals surface area contributed by atoms with Crippen molar-refractivity contribution in [1.29, 1.82) is 0 Å². The highest BCUT2D eigenvalue weighted by atomic mass is 35.5. The molecular formula is C35H28Cl2N2O5S. The number of aliphatic imine (C=N–C) groups is 1. The van der Waals surface area contributed by atoms with Crippen LogP contribution >= 0.6 is 35.0 Å². The number of hydrogen-bond donors (Lipinski definition) is 1. The quantitative estimate of drug-likeness (QED) is 0.128. The van der Waals surface area contributed by atoms with Gasteiger partial charge in [-0.15, -0.1) is 6.58 Å². The number of carbonyl (C=O) groups excluding carboxylic acids is 1. The average Bonchev–Trinajstić information content (AvgIpc) is 3.30. The maximum Gasteiger partial charge on any atom is 0.335 e. The minimum Gasteiger partial charge on any atom is -0.493 e. The van der Waals surface area contributed by atoms with Crippen LogP contribution in [0.15, 0.2) is 107 Å². The number of rotatable bonds is 11. The average molecular weight is 660 g/mol. The van der Waals surface area contributed by atoms with Gasteiger partial charge in [-0.3, -0.25) is 9.69 Å². The lowest BCUT2D eigenvalue weighted by molar-refractivity contribution is -0.122. The lowest BCUT2D eigenvalue weighted by Crippen LogP contribution is -2.28. The number of halogens is 2. The Labute approximate surface area is 275 Å². The summed E-state index contributed by atoms with van der Waals surface area (Å²) in [6.07, 6.45) is 4.07. The first kappa shape index (κ1) is 31.9. The van der Waals surface area contributed by atoms with E-state index in [1.54, 1.807) is 48.4 Å². The molecule has 1 amide bonds. The Balaban J connectivity index is 1.47. The Hall–Kier alpha value is -4.50. The number of methoxy groups -OCH3 is 1. The fourth-order valence-electron chi connectivity index (χ4n) is 4.61. The highest BCUT2D eigenvalue weighted by molar-refractivity contribution is 8.18. The first-order valence-electron chi connectivity index (χ1n) is 13.8. The molecule has 7 nitrogen and oxygen atoms in total. The van der Waals surface area contributed by atoms with Crippen molar-refractivity contribution < 1.29 is 24.2 Å². The van der Waals surface area contributed by atoms with Crippen LogP contribution in [0.3, 0.4) is 0 Å². The number of carboxylic acids is 1. The van der Waals surface area contributed by atoms with Gasteiger partial charge in [-0.1, -0.05) is 65.7 Å². The zero-order chi connectivity index (χ0) is 31.9. The van der Waals surface area contributed by atoms with E-state index in [2.05, 4.69) is 6.58 Å². The van der Waals surface area contributed by atoms with Gasteiger partial charge in [0.2, 0.25) is 0 Å². The van der Waals surface area contributed by atoms with E-state index in [1.807, 2.05) is 48.5 Å². The van der Waals surface area contributed by atoms with Gasteiger partial charge in [0.1, 0.15) is 6.61 Å². The Morgan fingerprint density at radius 1 is 1.02 bits per heavy atom. The van der Waals surface area contributed by atoms with E-state index in [9.17, 15) is 14.7 Å². The molecule has 1 fully saturated rings. The molecule has 4 aromatic carbocycles. The van der Waals surface area contributed by atoms with E-state index in [-0.39, 0.29) is 24.6 Å². The van der Waals surface area contributed by atoms with Crippen LogP contribution in [0.5, 0.6) is 11.5 Å². The van der Waals surface area contributed by atoms with Gasteiger partial charge in [0.15, 0.2) is 16.7 Å². The predicted octanol–water partition coefficient (Wildman–Crippen LogP) is 8.81. The van der Waals surface area contributed by atoms with Crippen molar-refractivity contribution in [2.24, 2.45) is 4.99 Å². The molecule has 1 aliphatic heterocycles. The van der Waals surface area contributed by atoms with Crippen LogP contribution in [0, 0.1) is 0 Å². The third-order valence-electron chi connectivity index (χ3n) is 6.83. The van der Waals surface area contributed by atoms with Gasteiger partial charge in [0, 0.05) is 21.2 Å². The van der Waals surface area contributed by atoms with Crippen molar-refractivity contribution >= 4 is 63.8 Å². The fraction of sp³-hybridized carbons (Fsp3) is 0.114. The lowest BCUT2D eigenvalue weighted by Gasteiger charge is -2.17. The Morgan fingerprint density at radius 2 is 1.78 bits per heavy atom. The second-order valence-corrected chi connectivity index (χ2v) is 11.8. The van der Waals surface area contributed by atoms with Crippen molar-refractivity contribution in [2.45, 2.75) is 19.6 Å². The van der Waals surface area contributed by atoms with Crippen LogP contribution in [0.25, 0.3) is 6.08 Å². The molecule has 1 saturated heterocycles. The number of benzene rings is 4. The molecule has 0 aliphatic carbocycles. The summed E-state index contributed by atoms with van der Waals surface area (Å²) in [6.45, 7) is 4.32. The molecule has 4 aromatic rings. The zero-order valence-electron chi connectivity index (χ0n) is 24.2. The van der Waals surface area contributed by atoms with Gasteiger partial charge in [0.05, 0.1) is 29.8 Å². The summed E-state index contributed by atoms with van der Waals surface area (Å²) < 4.78 is 11.9. The summed E-state index contributed by atoms with van der Waals surface area (Å²) in [5.74, 6) is -0.190. The maximum absolute atomic E-state index is 13.8. The molecule has 10 heteroatoms. The number of amides is 1. The topological polar surface area (TPSA) is 88.4 Å². The third kappa shape index (κ3) is 7.78. The van der Waals surface area contributed by atoms with E-state index in [4.69, 9.17) is 37.7 Å². The van der Waals surface area contributed by atoms with Crippen molar-refractivity contribution in [3.63, 3.8) is 0 Å². The van der Waals surface area contributed by atoms with Gasteiger partial charge in [-0.05, 0) is 83.9 Å². The Morgan fingerprint density at radius 3 is 2.44 bits per heavy atom. The molecular weight excluding hydrogens is 631 g/mol. The number of carboxylic acid groups (broad SMARTS) is 1. The number of ether oxygens (including phenoxy) is 2. The monoisotopic (exact) mass is 658 g/mol. The first-order valence-corrected chi connectivity index (χ1v) is 15.4. The summed E-state index contributed by atoms with van der Waals surface area (Å²) in [5, 5.41) is 10.8. The van der Waals surface area contributed by atoms with Crippen LogP contribution in [0.4, 0.5) is 5.69 Å². The van der Waals surface area contributed by atoms with Crippen molar-refractivity contribution in [2.75, 3.05) is 7.11 Å². The van der Waals surface area contributed by atoms with Crippen LogP contribution in [-0.2, 0) is 24.4 Å². The molecule has 5 rings (SSSR count). The van der Waals surface area contributed by atoms with Gasteiger partial charge in [-0.25, -0.2) is 9.79 Å². The zero-order valence-corrected chi connectivity index (χ0v) is 26.5. The highest BCUT2D eigenvalue weighted by Crippen LogP contribution is 2.39. The molecule has 0 radical (unpaired) electrons.